The van der Waals surface area contributed by atoms with Gasteiger partial charge in [0.05, 0.1) is 20.8 Å². The van der Waals surface area contributed by atoms with Gasteiger partial charge in [0, 0.05) is 20.3 Å². The van der Waals surface area contributed by atoms with Crippen LogP contribution in [0.5, 0.6) is 0 Å². The fourth-order valence-corrected chi connectivity index (χ4v) is 2.81. The molecule has 1 aromatic heterocycles. The van der Waals surface area contributed by atoms with Gasteiger partial charge in [-0.2, -0.15) is 9.47 Å². The number of aromatic nitrogens is 1. The molecule has 0 unspecified atom stereocenters. The van der Waals surface area contributed by atoms with Crippen LogP contribution < -0.4 is 10.7 Å². The molecule has 19 heavy (non-hydrogen) atoms. The Hall–Kier alpha value is -0.570. The van der Waals surface area contributed by atoms with Crippen LogP contribution in [-0.2, 0) is 4.74 Å². The number of hydrogen-bond acceptors (Lipinski definition) is 5. The molecule has 0 aliphatic carbocycles. The molecule has 0 aromatic carbocycles. The predicted octanol–water partition coefficient (Wildman–Crippen LogP) is 2.44. The number of halogens is 1. The number of nitrogens with zero attached hydrogens (tertiary/aromatic N) is 2. The molecule has 8 heteroatoms. The summed E-state index contributed by atoms with van der Waals surface area (Å²) in [5.74, 6) is 0. The number of ether oxygens (including phenoxy) is 1. The molecule has 5 nitrogen and oxygen atoms in total. The summed E-state index contributed by atoms with van der Waals surface area (Å²) in [5.41, 5.74) is 4.63. The second kappa shape index (κ2) is 8.57. The summed E-state index contributed by atoms with van der Waals surface area (Å²) in [6, 6.07) is 0. The molecule has 1 heterocycles. The Morgan fingerprint density at radius 3 is 2.89 bits per heavy atom. The Kier molecular flexibility index (Phi) is 7.44. The van der Waals surface area contributed by atoms with Gasteiger partial charge in [0.15, 0.2) is 5.11 Å². The summed E-state index contributed by atoms with van der Waals surface area (Å²) >= 11 is 10.0. The average molecular weight is 365 g/mol. The number of rotatable bonds is 6. The molecule has 0 atom stereocenters. The van der Waals surface area contributed by atoms with E-state index < -0.39 is 0 Å². The number of hydrazone groups is 1. The third-order valence-electron chi connectivity index (χ3n) is 2.26. The highest BCUT2D eigenvalue weighted by Gasteiger charge is 2.10. The van der Waals surface area contributed by atoms with Gasteiger partial charge in [-0.05, 0) is 59.9 Å². The summed E-state index contributed by atoms with van der Waals surface area (Å²) in [6.45, 7) is 5.34. The quantitative estimate of drug-likeness (QED) is 0.351. The van der Waals surface area contributed by atoms with Crippen molar-refractivity contribution in [3.05, 3.63) is 15.0 Å². The summed E-state index contributed by atoms with van der Waals surface area (Å²) < 4.78 is 10.2. The van der Waals surface area contributed by atoms with Crippen molar-refractivity contribution < 1.29 is 4.74 Å². The van der Waals surface area contributed by atoms with E-state index in [1.165, 1.54) is 11.5 Å². The lowest BCUT2D eigenvalue weighted by molar-refractivity contribution is 0.195. The number of thiocarbonyl (C=S) groups is 1. The van der Waals surface area contributed by atoms with Crippen molar-refractivity contribution in [2.75, 3.05) is 20.3 Å². The topological polar surface area (TPSA) is 58.5 Å². The predicted molar refractivity (Wildman–Crippen MR) is 87.0 cm³/mol. The maximum atomic E-state index is 5.12. The lowest BCUT2D eigenvalue weighted by Crippen LogP contribution is -2.33. The third kappa shape index (κ3) is 5.52. The molecule has 1 aromatic rings. The van der Waals surface area contributed by atoms with E-state index in [1.54, 1.807) is 7.11 Å². The molecule has 0 fully saturated rings. The Balaban J connectivity index is 2.43. The third-order valence-corrected chi connectivity index (χ3v) is 4.77. The standard InChI is InChI=1S/C11H17BrN4OS2/c1-7-9(12)10(19-16-7)8(2)14-15-11(18)13-5-4-6-17-3/h4-6H2,1-3H3,(H2,13,15,18)/b14-8+. The van der Waals surface area contributed by atoms with E-state index in [0.29, 0.717) is 11.7 Å². The van der Waals surface area contributed by atoms with Crippen LogP contribution in [0.15, 0.2) is 9.57 Å². The van der Waals surface area contributed by atoms with Crippen LogP contribution >= 0.6 is 39.7 Å². The van der Waals surface area contributed by atoms with Crippen molar-refractivity contribution in [2.45, 2.75) is 20.3 Å². The summed E-state index contributed by atoms with van der Waals surface area (Å²) in [5, 5.41) is 7.80. The molecule has 0 aliphatic rings. The van der Waals surface area contributed by atoms with Crippen molar-refractivity contribution in [1.29, 1.82) is 0 Å². The highest BCUT2D eigenvalue weighted by atomic mass is 79.9. The summed E-state index contributed by atoms with van der Waals surface area (Å²) in [7, 11) is 1.68. The Bertz CT molecular complexity index is 462. The molecule has 0 spiro atoms. The smallest absolute Gasteiger partial charge is 0.186 e. The first-order chi connectivity index (χ1) is 9.06. The van der Waals surface area contributed by atoms with Crippen LogP contribution in [0.2, 0.25) is 0 Å². The lowest BCUT2D eigenvalue weighted by atomic mass is 10.3. The first-order valence-electron chi connectivity index (χ1n) is 5.75. The minimum atomic E-state index is 0.507. The number of aryl methyl sites for hydroxylation is 1. The fourth-order valence-electron chi connectivity index (χ4n) is 1.23. The zero-order valence-electron chi connectivity index (χ0n) is 11.1. The molecule has 0 radical (unpaired) electrons. The van der Waals surface area contributed by atoms with Gasteiger partial charge in [-0.15, -0.1) is 0 Å². The Morgan fingerprint density at radius 2 is 2.32 bits per heavy atom. The average Bonchev–Trinajstić information content (AvgIpc) is 2.72. The van der Waals surface area contributed by atoms with Crippen LogP contribution in [0.1, 0.15) is 23.9 Å². The highest BCUT2D eigenvalue weighted by Crippen LogP contribution is 2.24. The molecular weight excluding hydrogens is 348 g/mol. The number of nitrogens with one attached hydrogen (secondary N) is 2. The van der Waals surface area contributed by atoms with Crippen LogP contribution in [-0.4, -0.2) is 35.5 Å². The molecule has 0 amide bonds. The first-order valence-corrected chi connectivity index (χ1v) is 7.73. The van der Waals surface area contributed by atoms with E-state index in [1.807, 2.05) is 13.8 Å². The van der Waals surface area contributed by atoms with E-state index >= 15 is 0 Å². The van der Waals surface area contributed by atoms with Crippen LogP contribution in [0.25, 0.3) is 0 Å². The molecule has 0 bridgehead atoms. The summed E-state index contributed by atoms with van der Waals surface area (Å²) in [4.78, 5) is 1.01. The van der Waals surface area contributed by atoms with Gasteiger partial charge in [0.2, 0.25) is 0 Å². The van der Waals surface area contributed by atoms with Gasteiger partial charge in [0.1, 0.15) is 0 Å². The Labute approximate surface area is 131 Å². The molecule has 106 valence electrons. The van der Waals surface area contributed by atoms with E-state index in [9.17, 15) is 0 Å². The van der Waals surface area contributed by atoms with E-state index in [2.05, 4.69) is 36.1 Å². The van der Waals surface area contributed by atoms with Crippen molar-refractivity contribution in [1.82, 2.24) is 15.1 Å². The highest BCUT2D eigenvalue weighted by molar-refractivity contribution is 9.10. The van der Waals surface area contributed by atoms with Gasteiger partial charge in [-0.3, -0.25) is 5.43 Å². The molecule has 0 saturated carbocycles. The van der Waals surface area contributed by atoms with Gasteiger partial charge < -0.3 is 10.1 Å². The monoisotopic (exact) mass is 364 g/mol. The van der Waals surface area contributed by atoms with Gasteiger partial charge >= 0.3 is 0 Å². The normalized spacial score (nSPS) is 11.5. The van der Waals surface area contributed by atoms with Crippen LogP contribution in [0, 0.1) is 6.92 Å². The van der Waals surface area contributed by atoms with Crippen molar-refractivity contribution >= 4 is 50.5 Å². The first kappa shape index (κ1) is 16.5. The van der Waals surface area contributed by atoms with Crippen molar-refractivity contribution in [3.8, 4) is 0 Å². The maximum absolute atomic E-state index is 5.12. The van der Waals surface area contributed by atoms with Crippen LogP contribution in [0.3, 0.4) is 0 Å². The van der Waals surface area contributed by atoms with E-state index in [-0.39, 0.29) is 0 Å². The van der Waals surface area contributed by atoms with Crippen molar-refractivity contribution in [3.63, 3.8) is 0 Å². The van der Waals surface area contributed by atoms with Gasteiger partial charge in [-0.25, -0.2) is 0 Å². The van der Waals surface area contributed by atoms with Gasteiger partial charge in [0.25, 0.3) is 0 Å². The molecule has 1 rings (SSSR count). The minimum Gasteiger partial charge on any atom is -0.385 e. The SMILES string of the molecule is COCCCNC(=S)N/N=C(\C)c1snc(C)c1Br. The molecule has 2 N–H and O–H groups in total. The zero-order valence-corrected chi connectivity index (χ0v) is 14.3. The largest absolute Gasteiger partial charge is 0.385 e. The molecular formula is C11H17BrN4OS2. The fraction of sp³-hybridized carbons (Fsp3) is 0.545. The van der Waals surface area contributed by atoms with E-state index in [0.717, 1.165) is 33.7 Å². The lowest BCUT2D eigenvalue weighted by Gasteiger charge is -2.07. The number of methoxy groups -OCH3 is 1. The minimum absolute atomic E-state index is 0.507. The zero-order chi connectivity index (χ0) is 14.3. The maximum Gasteiger partial charge on any atom is 0.186 e. The van der Waals surface area contributed by atoms with Crippen LogP contribution in [0.4, 0.5) is 0 Å². The second-order valence-electron chi connectivity index (χ2n) is 3.82. The second-order valence-corrected chi connectivity index (χ2v) is 5.80. The van der Waals surface area contributed by atoms with Crippen molar-refractivity contribution in [2.24, 2.45) is 5.10 Å². The number of hydrogen-bond donors (Lipinski definition) is 2. The Morgan fingerprint density at radius 1 is 1.58 bits per heavy atom. The van der Waals surface area contributed by atoms with E-state index in [4.69, 9.17) is 17.0 Å². The van der Waals surface area contributed by atoms with Gasteiger partial charge in [-0.1, -0.05) is 0 Å². The molecule has 0 aliphatic heterocycles. The summed E-state index contributed by atoms with van der Waals surface area (Å²) in [6.07, 6.45) is 0.903. The molecule has 0 saturated heterocycles.